The summed E-state index contributed by atoms with van der Waals surface area (Å²) in [5.74, 6) is 0.103. The number of nitrogens with two attached hydrogens (primary N) is 1. The van der Waals surface area contributed by atoms with Gasteiger partial charge in [0.25, 0.3) is 5.91 Å². The van der Waals surface area contributed by atoms with Gasteiger partial charge in [-0.15, -0.1) is 0 Å². The lowest BCUT2D eigenvalue weighted by Crippen LogP contribution is -2.25. The molecule has 6 heteroatoms. The van der Waals surface area contributed by atoms with Crippen LogP contribution in [0.3, 0.4) is 0 Å². The fourth-order valence-corrected chi connectivity index (χ4v) is 2.51. The van der Waals surface area contributed by atoms with Gasteiger partial charge in [-0.2, -0.15) is 0 Å². The van der Waals surface area contributed by atoms with E-state index in [9.17, 15) is 4.79 Å². The first-order valence-corrected chi connectivity index (χ1v) is 7.59. The highest BCUT2D eigenvalue weighted by atomic mass is 16.1. The molecule has 3 N–H and O–H groups in total. The molecular weight excluding hydrogens is 290 g/mol. The van der Waals surface area contributed by atoms with Crippen molar-refractivity contribution in [3.05, 3.63) is 48.0 Å². The minimum absolute atomic E-state index is 0.245. The van der Waals surface area contributed by atoms with Crippen molar-refractivity contribution in [2.75, 3.05) is 12.3 Å². The highest BCUT2D eigenvalue weighted by Crippen LogP contribution is 2.27. The van der Waals surface area contributed by atoms with E-state index in [4.69, 9.17) is 5.73 Å². The second-order valence-corrected chi connectivity index (χ2v) is 5.40. The number of anilines is 1. The first-order valence-electron chi connectivity index (χ1n) is 7.59. The van der Waals surface area contributed by atoms with Crippen molar-refractivity contribution in [1.82, 2.24) is 19.7 Å². The van der Waals surface area contributed by atoms with Crippen LogP contribution in [0.2, 0.25) is 0 Å². The lowest BCUT2D eigenvalue weighted by atomic mass is 10.1. The Morgan fingerprint density at radius 1 is 1.39 bits per heavy atom. The van der Waals surface area contributed by atoms with E-state index in [-0.39, 0.29) is 11.6 Å². The van der Waals surface area contributed by atoms with Crippen molar-refractivity contribution >= 4 is 17.4 Å². The minimum atomic E-state index is -0.245. The summed E-state index contributed by atoms with van der Waals surface area (Å²) in [6.45, 7) is 4.53. The van der Waals surface area contributed by atoms with Crippen molar-refractivity contribution in [3.8, 4) is 11.1 Å². The third kappa shape index (κ3) is 2.75. The van der Waals surface area contributed by atoms with E-state index >= 15 is 0 Å². The van der Waals surface area contributed by atoms with Gasteiger partial charge in [0.15, 0.2) is 5.69 Å². The van der Waals surface area contributed by atoms with Gasteiger partial charge >= 0.3 is 0 Å². The van der Waals surface area contributed by atoms with E-state index in [1.807, 2.05) is 44.3 Å². The molecule has 1 amide bonds. The molecule has 0 radical (unpaired) electrons. The van der Waals surface area contributed by atoms with Gasteiger partial charge in [0, 0.05) is 30.2 Å². The Morgan fingerprint density at radius 2 is 2.22 bits per heavy atom. The van der Waals surface area contributed by atoms with E-state index in [1.165, 1.54) is 0 Å². The number of nitrogens with one attached hydrogen (secondary N) is 1. The van der Waals surface area contributed by atoms with E-state index < -0.39 is 0 Å². The number of carbonyl (C=O) groups excluding carboxylic acids is 1. The lowest BCUT2D eigenvalue weighted by Gasteiger charge is -2.04. The van der Waals surface area contributed by atoms with Crippen molar-refractivity contribution < 1.29 is 4.79 Å². The molecule has 118 valence electrons. The van der Waals surface area contributed by atoms with Crippen molar-refractivity contribution in [1.29, 1.82) is 0 Å². The molecular formula is C17H19N5O. The number of pyridine rings is 2. The zero-order chi connectivity index (χ0) is 16.4. The summed E-state index contributed by atoms with van der Waals surface area (Å²) in [6.07, 6.45) is 4.43. The number of aromatic nitrogens is 3. The molecule has 3 aromatic rings. The average Bonchev–Trinajstić information content (AvgIpc) is 2.90. The van der Waals surface area contributed by atoms with Crippen LogP contribution in [0.1, 0.15) is 29.5 Å². The average molecular weight is 309 g/mol. The second kappa shape index (κ2) is 6.08. The molecule has 0 saturated carbocycles. The van der Waals surface area contributed by atoms with Crippen LogP contribution in [-0.4, -0.2) is 26.8 Å². The van der Waals surface area contributed by atoms with Gasteiger partial charge in [-0.05, 0) is 43.2 Å². The Kier molecular flexibility index (Phi) is 3.97. The molecule has 3 aromatic heterocycles. The zero-order valence-corrected chi connectivity index (χ0v) is 13.2. The van der Waals surface area contributed by atoms with Crippen LogP contribution in [0.15, 0.2) is 36.7 Å². The largest absolute Gasteiger partial charge is 0.383 e. The Labute approximate surface area is 134 Å². The summed E-state index contributed by atoms with van der Waals surface area (Å²) in [4.78, 5) is 20.9. The third-order valence-electron chi connectivity index (χ3n) is 3.65. The molecule has 3 rings (SSSR count). The fourth-order valence-electron chi connectivity index (χ4n) is 2.51. The maximum atomic E-state index is 12.2. The molecule has 0 aliphatic heterocycles. The van der Waals surface area contributed by atoms with Crippen LogP contribution in [-0.2, 0) is 0 Å². The van der Waals surface area contributed by atoms with Crippen LogP contribution in [0.25, 0.3) is 16.8 Å². The van der Waals surface area contributed by atoms with Gasteiger partial charge in [0.2, 0.25) is 0 Å². The molecule has 0 aliphatic rings. The summed E-state index contributed by atoms with van der Waals surface area (Å²) in [7, 11) is 0. The smallest absolute Gasteiger partial charge is 0.273 e. The summed E-state index contributed by atoms with van der Waals surface area (Å²) >= 11 is 0. The molecule has 0 aromatic carbocycles. The zero-order valence-electron chi connectivity index (χ0n) is 13.2. The predicted molar refractivity (Wildman–Crippen MR) is 90.2 cm³/mol. The highest BCUT2D eigenvalue weighted by Gasteiger charge is 2.18. The second-order valence-electron chi connectivity index (χ2n) is 5.40. The number of nitrogens with zero attached hydrogens (tertiary/aromatic N) is 3. The van der Waals surface area contributed by atoms with Crippen LogP contribution in [0.4, 0.5) is 5.82 Å². The number of nitrogen functional groups attached to an aromatic ring is 1. The molecule has 6 nitrogen and oxygen atoms in total. The summed E-state index contributed by atoms with van der Waals surface area (Å²) < 4.78 is 1.74. The molecule has 23 heavy (non-hydrogen) atoms. The Balaban J connectivity index is 2.13. The first kappa shape index (κ1) is 15.0. The number of hydrogen-bond acceptors (Lipinski definition) is 4. The summed E-state index contributed by atoms with van der Waals surface area (Å²) in [5, 5.41) is 2.81. The Hall–Kier alpha value is -2.89. The minimum Gasteiger partial charge on any atom is -0.383 e. The molecule has 0 saturated heterocycles. The normalized spacial score (nSPS) is 10.9. The predicted octanol–water partition coefficient (Wildman–Crippen LogP) is 2.43. The highest BCUT2D eigenvalue weighted by molar-refractivity contribution is 5.98. The van der Waals surface area contributed by atoms with E-state index in [0.29, 0.717) is 18.0 Å². The molecule has 0 spiro atoms. The maximum absolute atomic E-state index is 12.2. The van der Waals surface area contributed by atoms with Gasteiger partial charge in [-0.3, -0.25) is 14.2 Å². The fraction of sp³-hybridized carbons (Fsp3) is 0.235. The van der Waals surface area contributed by atoms with Gasteiger partial charge < -0.3 is 11.1 Å². The quantitative estimate of drug-likeness (QED) is 0.775. The van der Waals surface area contributed by atoms with Crippen molar-refractivity contribution in [2.45, 2.75) is 20.3 Å². The summed E-state index contributed by atoms with van der Waals surface area (Å²) in [5.41, 5.74) is 9.87. The van der Waals surface area contributed by atoms with Crippen molar-refractivity contribution in [2.24, 2.45) is 0 Å². The van der Waals surface area contributed by atoms with Crippen LogP contribution >= 0.6 is 0 Å². The third-order valence-corrected chi connectivity index (χ3v) is 3.65. The Morgan fingerprint density at radius 3 is 2.96 bits per heavy atom. The van der Waals surface area contributed by atoms with Gasteiger partial charge in [0.1, 0.15) is 11.5 Å². The van der Waals surface area contributed by atoms with Gasteiger partial charge in [0.05, 0.1) is 0 Å². The number of rotatable bonds is 4. The molecule has 0 unspecified atom stereocenters. The SMILES string of the molecule is CCCNC(=O)c1nc2c(-c3ccnc(C)c3)cccn2c1N. The molecule has 3 heterocycles. The topological polar surface area (TPSA) is 85.3 Å². The summed E-state index contributed by atoms with van der Waals surface area (Å²) in [6, 6.07) is 7.76. The van der Waals surface area contributed by atoms with E-state index in [0.717, 1.165) is 23.2 Å². The van der Waals surface area contributed by atoms with Crippen molar-refractivity contribution in [3.63, 3.8) is 0 Å². The van der Waals surface area contributed by atoms with Gasteiger partial charge in [-0.25, -0.2) is 4.98 Å². The number of hydrogen-bond donors (Lipinski definition) is 2. The lowest BCUT2D eigenvalue weighted by molar-refractivity contribution is 0.0950. The molecule has 0 aliphatic carbocycles. The number of aryl methyl sites for hydroxylation is 1. The molecule has 0 atom stereocenters. The number of carbonyl (C=O) groups is 1. The van der Waals surface area contributed by atoms with Gasteiger partial charge in [-0.1, -0.05) is 6.92 Å². The van der Waals surface area contributed by atoms with Crippen LogP contribution in [0, 0.1) is 6.92 Å². The van der Waals surface area contributed by atoms with E-state index in [2.05, 4.69) is 15.3 Å². The number of imidazole rings is 1. The van der Waals surface area contributed by atoms with Crippen LogP contribution in [0.5, 0.6) is 0 Å². The molecule has 0 fully saturated rings. The number of amides is 1. The number of fused-ring (bicyclic) bond motifs is 1. The standard InChI is InChI=1S/C17H19N5O/c1-3-7-20-17(23)14-15(18)22-9-4-5-13(16(22)21-14)12-6-8-19-11(2)10-12/h4-6,8-10H,3,7,18H2,1-2H3,(H,20,23). The first-order chi connectivity index (χ1) is 11.1. The monoisotopic (exact) mass is 309 g/mol. The van der Waals surface area contributed by atoms with Crippen LogP contribution < -0.4 is 11.1 Å². The Bertz CT molecular complexity index is 869. The van der Waals surface area contributed by atoms with E-state index in [1.54, 1.807) is 10.6 Å². The molecule has 0 bridgehead atoms. The maximum Gasteiger partial charge on any atom is 0.273 e.